The van der Waals surface area contributed by atoms with Crippen LogP contribution in [0.1, 0.15) is 44.6 Å². The SMILES string of the molecule is C[C@@H](Oc1ccc(S(=O)(=O)NCc2ccccc2Cl)cc1)C(=O)NC1CCCCC1. The summed E-state index contributed by atoms with van der Waals surface area (Å²) in [6.07, 6.45) is 4.85. The largest absolute Gasteiger partial charge is 0.481 e. The summed E-state index contributed by atoms with van der Waals surface area (Å²) < 4.78 is 33.3. The van der Waals surface area contributed by atoms with Crippen molar-refractivity contribution in [1.82, 2.24) is 10.0 Å². The first-order valence-electron chi connectivity index (χ1n) is 10.2. The molecule has 2 aromatic carbocycles. The molecule has 6 nitrogen and oxygen atoms in total. The van der Waals surface area contributed by atoms with E-state index in [9.17, 15) is 13.2 Å². The highest BCUT2D eigenvalue weighted by Gasteiger charge is 2.21. The Labute approximate surface area is 183 Å². The van der Waals surface area contributed by atoms with Gasteiger partial charge in [-0.1, -0.05) is 49.1 Å². The quantitative estimate of drug-likeness (QED) is 0.635. The minimum atomic E-state index is -3.70. The minimum Gasteiger partial charge on any atom is -0.481 e. The molecule has 1 saturated carbocycles. The number of carbonyl (C=O) groups is 1. The van der Waals surface area contributed by atoms with Crippen molar-refractivity contribution < 1.29 is 17.9 Å². The van der Waals surface area contributed by atoms with Crippen LogP contribution in [0.5, 0.6) is 5.75 Å². The van der Waals surface area contributed by atoms with E-state index in [1.807, 2.05) is 0 Å². The maximum Gasteiger partial charge on any atom is 0.260 e. The normalized spacial score (nSPS) is 16.1. The summed E-state index contributed by atoms with van der Waals surface area (Å²) in [5.41, 5.74) is 0.695. The fourth-order valence-corrected chi connectivity index (χ4v) is 4.63. The molecule has 8 heteroatoms. The van der Waals surface area contributed by atoms with E-state index in [0.717, 1.165) is 25.7 Å². The van der Waals surface area contributed by atoms with Gasteiger partial charge in [-0.15, -0.1) is 0 Å². The van der Waals surface area contributed by atoms with Gasteiger partial charge in [-0.05, 0) is 55.7 Å². The van der Waals surface area contributed by atoms with Crippen LogP contribution in [0.3, 0.4) is 0 Å². The molecule has 1 aliphatic carbocycles. The van der Waals surface area contributed by atoms with Crippen molar-refractivity contribution >= 4 is 27.5 Å². The maximum absolute atomic E-state index is 12.5. The second-order valence-corrected chi connectivity index (χ2v) is 9.67. The van der Waals surface area contributed by atoms with Crippen molar-refractivity contribution in [2.75, 3.05) is 0 Å². The predicted molar refractivity (Wildman–Crippen MR) is 117 cm³/mol. The molecule has 162 valence electrons. The predicted octanol–water partition coefficient (Wildman–Crippen LogP) is 4.03. The van der Waals surface area contributed by atoms with Gasteiger partial charge in [-0.25, -0.2) is 13.1 Å². The van der Waals surface area contributed by atoms with Crippen LogP contribution in [0.25, 0.3) is 0 Å². The Kier molecular flexibility index (Phi) is 7.75. The zero-order chi connectivity index (χ0) is 21.6. The molecule has 1 fully saturated rings. The first-order valence-corrected chi connectivity index (χ1v) is 12.0. The van der Waals surface area contributed by atoms with E-state index in [1.165, 1.54) is 18.6 Å². The summed E-state index contributed by atoms with van der Waals surface area (Å²) in [7, 11) is -3.70. The molecule has 0 heterocycles. The Morgan fingerprint density at radius 3 is 2.43 bits per heavy atom. The molecule has 2 N–H and O–H groups in total. The minimum absolute atomic E-state index is 0.0959. The lowest BCUT2D eigenvalue weighted by molar-refractivity contribution is -0.128. The number of sulfonamides is 1. The summed E-state index contributed by atoms with van der Waals surface area (Å²) in [4.78, 5) is 12.4. The van der Waals surface area contributed by atoms with Crippen LogP contribution < -0.4 is 14.8 Å². The Morgan fingerprint density at radius 1 is 1.10 bits per heavy atom. The van der Waals surface area contributed by atoms with E-state index in [2.05, 4.69) is 10.0 Å². The fourth-order valence-electron chi connectivity index (χ4n) is 3.42. The molecule has 0 aromatic heterocycles. The first-order chi connectivity index (χ1) is 14.3. The molecule has 0 spiro atoms. The summed E-state index contributed by atoms with van der Waals surface area (Å²) >= 11 is 6.07. The van der Waals surface area contributed by atoms with Crippen molar-refractivity contribution in [3.8, 4) is 5.75 Å². The number of rotatable bonds is 8. The number of hydrogen-bond acceptors (Lipinski definition) is 4. The van der Waals surface area contributed by atoms with Gasteiger partial charge in [-0.2, -0.15) is 0 Å². The number of nitrogens with one attached hydrogen (secondary N) is 2. The number of halogens is 1. The number of benzene rings is 2. The highest BCUT2D eigenvalue weighted by Crippen LogP contribution is 2.20. The standard InChI is InChI=1S/C22H27ClN2O4S/c1-16(22(26)25-18-8-3-2-4-9-18)29-19-11-13-20(14-12-19)30(27,28)24-15-17-7-5-6-10-21(17)23/h5-7,10-14,16,18,24H,2-4,8-9,15H2,1H3,(H,25,26)/t16-/m1/s1. The summed E-state index contributed by atoms with van der Waals surface area (Å²) in [6.45, 7) is 1.78. The maximum atomic E-state index is 12.5. The van der Waals surface area contributed by atoms with Gasteiger partial charge in [0.05, 0.1) is 4.90 Å². The Balaban J connectivity index is 1.55. The van der Waals surface area contributed by atoms with Crippen molar-refractivity contribution in [2.45, 2.75) is 62.6 Å². The molecule has 0 aliphatic heterocycles. The van der Waals surface area contributed by atoms with Crippen LogP contribution in [0, 0.1) is 0 Å². The van der Waals surface area contributed by atoms with Gasteiger partial charge >= 0.3 is 0 Å². The molecule has 1 aliphatic rings. The zero-order valence-electron chi connectivity index (χ0n) is 16.9. The van der Waals surface area contributed by atoms with Crippen LogP contribution >= 0.6 is 11.6 Å². The van der Waals surface area contributed by atoms with Gasteiger partial charge in [0.15, 0.2) is 6.10 Å². The topological polar surface area (TPSA) is 84.5 Å². The zero-order valence-corrected chi connectivity index (χ0v) is 18.5. The van der Waals surface area contributed by atoms with Gasteiger partial charge in [0.1, 0.15) is 5.75 Å². The van der Waals surface area contributed by atoms with E-state index in [-0.39, 0.29) is 23.4 Å². The Morgan fingerprint density at radius 2 is 1.77 bits per heavy atom. The molecule has 0 unspecified atom stereocenters. The lowest BCUT2D eigenvalue weighted by Crippen LogP contribution is -2.43. The second kappa shape index (κ2) is 10.3. The monoisotopic (exact) mass is 450 g/mol. The molecule has 1 atom stereocenters. The highest BCUT2D eigenvalue weighted by molar-refractivity contribution is 7.89. The molecule has 0 radical (unpaired) electrons. The van der Waals surface area contributed by atoms with Crippen LogP contribution in [0.4, 0.5) is 0 Å². The average molecular weight is 451 g/mol. The van der Waals surface area contributed by atoms with E-state index in [4.69, 9.17) is 16.3 Å². The summed E-state index contributed by atoms with van der Waals surface area (Å²) in [6, 6.07) is 13.3. The fraction of sp³-hybridized carbons (Fsp3) is 0.409. The molecule has 0 bridgehead atoms. The number of amides is 1. The lowest BCUT2D eigenvalue weighted by Gasteiger charge is -2.24. The Hall–Kier alpha value is -2.09. The second-order valence-electron chi connectivity index (χ2n) is 7.49. The molecule has 3 rings (SSSR count). The van der Waals surface area contributed by atoms with E-state index in [0.29, 0.717) is 16.3 Å². The van der Waals surface area contributed by atoms with Gasteiger partial charge in [0, 0.05) is 17.6 Å². The van der Waals surface area contributed by atoms with Crippen molar-refractivity contribution in [3.05, 3.63) is 59.1 Å². The number of ether oxygens (including phenoxy) is 1. The highest BCUT2D eigenvalue weighted by atomic mass is 35.5. The Bertz CT molecular complexity index is 957. The molecule has 0 saturated heterocycles. The van der Waals surface area contributed by atoms with Gasteiger partial charge in [0.25, 0.3) is 5.91 Å². The average Bonchev–Trinajstić information content (AvgIpc) is 2.74. The number of carbonyl (C=O) groups excluding carboxylic acids is 1. The van der Waals surface area contributed by atoms with Crippen molar-refractivity contribution in [1.29, 1.82) is 0 Å². The van der Waals surface area contributed by atoms with Crippen LogP contribution in [-0.2, 0) is 21.4 Å². The summed E-state index contributed by atoms with van der Waals surface area (Å²) in [5, 5.41) is 3.53. The molecular weight excluding hydrogens is 424 g/mol. The number of hydrogen-bond donors (Lipinski definition) is 2. The third kappa shape index (κ3) is 6.20. The van der Waals surface area contributed by atoms with E-state index in [1.54, 1.807) is 43.3 Å². The smallest absolute Gasteiger partial charge is 0.260 e. The third-order valence-corrected chi connectivity index (χ3v) is 6.96. The third-order valence-electron chi connectivity index (χ3n) is 5.18. The van der Waals surface area contributed by atoms with Crippen LogP contribution in [-0.4, -0.2) is 26.5 Å². The molecule has 2 aromatic rings. The van der Waals surface area contributed by atoms with E-state index >= 15 is 0 Å². The molecule has 30 heavy (non-hydrogen) atoms. The van der Waals surface area contributed by atoms with Crippen molar-refractivity contribution in [2.24, 2.45) is 0 Å². The van der Waals surface area contributed by atoms with E-state index < -0.39 is 16.1 Å². The van der Waals surface area contributed by atoms with Crippen molar-refractivity contribution in [3.63, 3.8) is 0 Å². The van der Waals surface area contributed by atoms with Gasteiger partial charge in [-0.3, -0.25) is 4.79 Å². The van der Waals surface area contributed by atoms with Gasteiger partial charge in [0.2, 0.25) is 10.0 Å². The summed E-state index contributed by atoms with van der Waals surface area (Å²) in [5.74, 6) is 0.284. The first kappa shape index (κ1) is 22.6. The lowest BCUT2D eigenvalue weighted by atomic mass is 9.95. The van der Waals surface area contributed by atoms with Gasteiger partial charge < -0.3 is 10.1 Å². The molecule has 1 amide bonds. The van der Waals surface area contributed by atoms with Crippen LogP contribution in [0.15, 0.2) is 53.4 Å². The molecular formula is C22H27ClN2O4S. The van der Waals surface area contributed by atoms with Crippen LogP contribution in [0.2, 0.25) is 5.02 Å².